The van der Waals surface area contributed by atoms with Crippen molar-refractivity contribution >= 4 is 23.2 Å². The number of rotatable bonds is 7. The molecule has 1 N–H and O–H groups in total. The normalized spacial score (nSPS) is 14.3. The van der Waals surface area contributed by atoms with Crippen molar-refractivity contribution in [3.63, 3.8) is 0 Å². The zero-order valence-electron chi connectivity index (χ0n) is 18.7. The molecule has 0 bridgehead atoms. The standard InChI is InChI=1S/C25H28N4O3S/c1-2-26-24(31)21-17-28(15-19-7-4-3-5-8-19)18-22(23(21)30)25(32)29-12-10-27(11-13-29)16-20-9-6-14-33-20/h3-9,14,17-18H,2,10-13,15-16H2,1H3,(H,26,31). The summed E-state index contributed by atoms with van der Waals surface area (Å²) in [5.74, 6) is -0.775. The van der Waals surface area contributed by atoms with Crippen molar-refractivity contribution in [1.82, 2.24) is 19.7 Å². The maximum absolute atomic E-state index is 13.3. The molecule has 3 heterocycles. The largest absolute Gasteiger partial charge is 0.352 e. The third kappa shape index (κ3) is 5.58. The number of carbonyl (C=O) groups is 2. The molecule has 0 aliphatic carbocycles. The van der Waals surface area contributed by atoms with Crippen LogP contribution in [0.3, 0.4) is 0 Å². The molecule has 1 aromatic carbocycles. The summed E-state index contributed by atoms with van der Waals surface area (Å²) in [5, 5.41) is 4.75. The van der Waals surface area contributed by atoms with Crippen LogP contribution in [0.15, 0.2) is 65.0 Å². The second kappa shape index (κ2) is 10.6. The van der Waals surface area contributed by atoms with Gasteiger partial charge in [-0.1, -0.05) is 36.4 Å². The van der Waals surface area contributed by atoms with Crippen molar-refractivity contribution in [2.45, 2.75) is 20.0 Å². The first-order chi connectivity index (χ1) is 16.0. The molecule has 0 atom stereocenters. The van der Waals surface area contributed by atoms with Gasteiger partial charge < -0.3 is 14.8 Å². The highest BCUT2D eigenvalue weighted by molar-refractivity contribution is 7.09. The number of benzene rings is 1. The summed E-state index contributed by atoms with van der Waals surface area (Å²) >= 11 is 1.73. The topological polar surface area (TPSA) is 74.7 Å². The number of pyridine rings is 1. The van der Waals surface area contributed by atoms with Crippen LogP contribution in [0.5, 0.6) is 0 Å². The van der Waals surface area contributed by atoms with E-state index < -0.39 is 11.3 Å². The van der Waals surface area contributed by atoms with Crippen molar-refractivity contribution in [3.8, 4) is 0 Å². The van der Waals surface area contributed by atoms with Gasteiger partial charge in [-0.15, -0.1) is 11.3 Å². The molecule has 0 unspecified atom stereocenters. The molecule has 1 aliphatic heterocycles. The Kier molecular flexibility index (Phi) is 7.36. The van der Waals surface area contributed by atoms with Crippen LogP contribution in [-0.2, 0) is 13.1 Å². The summed E-state index contributed by atoms with van der Waals surface area (Å²) < 4.78 is 1.75. The van der Waals surface area contributed by atoms with E-state index in [1.54, 1.807) is 33.9 Å². The lowest BCUT2D eigenvalue weighted by Crippen LogP contribution is -2.49. The minimum absolute atomic E-state index is 0.00466. The molecule has 8 heteroatoms. The van der Waals surface area contributed by atoms with Crippen LogP contribution < -0.4 is 10.7 Å². The van der Waals surface area contributed by atoms with Gasteiger partial charge in [0.2, 0.25) is 5.43 Å². The summed E-state index contributed by atoms with van der Waals surface area (Å²) in [7, 11) is 0. The van der Waals surface area contributed by atoms with Crippen LogP contribution in [0.1, 0.15) is 38.1 Å². The van der Waals surface area contributed by atoms with Gasteiger partial charge in [-0.2, -0.15) is 0 Å². The minimum Gasteiger partial charge on any atom is -0.352 e. The molecular weight excluding hydrogens is 436 g/mol. The zero-order valence-corrected chi connectivity index (χ0v) is 19.5. The Bertz CT molecular complexity index is 1150. The van der Waals surface area contributed by atoms with E-state index in [0.717, 1.165) is 25.2 Å². The van der Waals surface area contributed by atoms with E-state index in [-0.39, 0.29) is 17.0 Å². The molecule has 2 aromatic heterocycles. The van der Waals surface area contributed by atoms with Crippen LogP contribution in [0.4, 0.5) is 0 Å². The Morgan fingerprint density at radius 2 is 1.67 bits per heavy atom. The van der Waals surface area contributed by atoms with Crippen LogP contribution in [0, 0.1) is 0 Å². The third-order valence-electron chi connectivity index (χ3n) is 5.72. The lowest BCUT2D eigenvalue weighted by atomic mass is 10.1. The first kappa shape index (κ1) is 22.9. The number of aromatic nitrogens is 1. The fourth-order valence-electron chi connectivity index (χ4n) is 3.99. The van der Waals surface area contributed by atoms with E-state index in [2.05, 4.69) is 21.7 Å². The Balaban J connectivity index is 1.55. The van der Waals surface area contributed by atoms with Crippen LogP contribution in [-0.4, -0.2) is 58.9 Å². The molecule has 0 saturated carbocycles. The molecule has 1 saturated heterocycles. The van der Waals surface area contributed by atoms with E-state index in [9.17, 15) is 14.4 Å². The van der Waals surface area contributed by atoms with E-state index in [4.69, 9.17) is 0 Å². The predicted molar refractivity (Wildman–Crippen MR) is 130 cm³/mol. The van der Waals surface area contributed by atoms with Gasteiger partial charge in [0.05, 0.1) is 0 Å². The highest BCUT2D eigenvalue weighted by atomic mass is 32.1. The van der Waals surface area contributed by atoms with Crippen LogP contribution in [0.25, 0.3) is 0 Å². The van der Waals surface area contributed by atoms with Crippen LogP contribution >= 0.6 is 11.3 Å². The number of nitrogens with zero attached hydrogens (tertiary/aromatic N) is 3. The molecule has 1 fully saturated rings. The predicted octanol–water partition coefficient (Wildman–Crippen LogP) is 2.67. The van der Waals surface area contributed by atoms with Gasteiger partial charge in [-0.05, 0) is 23.9 Å². The summed E-state index contributed by atoms with van der Waals surface area (Å²) in [5.41, 5.74) is 0.538. The Morgan fingerprint density at radius 3 is 2.33 bits per heavy atom. The summed E-state index contributed by atoms with van der Waals surface area (Å²) in [6.07, 6.45) is 3.12. The molecule has 2 amide bonds. The van der Waals surface area contributed by atoms with Gasteiger partial charge in [-0.25, -0.2) is 0 Å². The number of hydrogen-bond donors (Lipinski definition) is 1. The van der Waals surface area contributed by atoms with Gasteiger partial charge in [0, 0.05) is 63.1 Å². The molecule has 0 spiro atoms. The third-order valence-corrected chi connectivity index (χ3v) is 6.58. The molecule has 7 nitrogen and oxygen atoms in total. The Labute approximate surface area is 197 Å². The summed E-state index contributed by atoms with van der Waals surface area (Å²) in [6, 6.07) is 13.9. The van der Waals surface area contributed by atoms with Crippen molar-refractivity contribution in [2.75, 3.05) is 32.7 Å². The fraction of sp³-hybridized carbons (Fsp3) is 0.320. The SMILES string of the molecule is CCNC(=O)c1cn(Cc2ccccc2)cc(C(=O)N2CCN(Cc3cccs3)CC2)c1=O. The number of thiophene rings is 1. The van der Waals surface area contributed by atoms with Gasteiger partial charge in [-0.3, -0.25) is 19.3 Å². The maximum Gasteiger partial charge on any atom is 0.259 e. The van der Waals surface area contributed by atoms with Gasteiger partial charge >= 0.3 is 0 Å². The number of hydrogen-bond acceptors (Lipinski definition) is 5. The fourth-order valence-corrected chi connectivity index (χ4v) is 4.74. The Morgan fingerprint density at radius 1 is 0.939 bits per heavy atom. The van der Waals surface area contributed by atoms with Gasteiger partial charge in [0.15, 0.2) is 0 Å². The quantitative estimate of drug-likeness (QED) is 0.583. The molecular formula is C25H28N4O3S. The first-order valence-electron chi connectivity index (χ1n) is 11.2. The maximum atomic E-state index is 13.3. The second-order valence-electron chi connectivity index (χ2n) is 8.08. The van der Waals surface area contributed by atoms with Crippen LogP contribution in [0.2, 0.25) is 0 Å². The van der Waals surface area contributed by atoms with Crippen molar-refractivity contribution in [2.24, 2.45) is 0 Å². The number of piperazine rings is 1. The van der Waals surface area contributed by atoms with Crippen molar-refractivity contribution in [1.29, 1.82) is 0 Å². The Hall–Kier alpha value is -3.23. The zero-order chi connectivity index (χ0) is 23.2. The van der Waals surface area contributed by atoms with E-state index in [0.29, 0.717) is 26.2 Å². The number of amides is 2. The van der Waals surface area contributed by atoms with Crippen molar-refractivity contribution < 1.29 is 9.59 Å². The molecule has 172 valence electrons. The first-order valence-corrected chi connectivity index (χ1v) is 12.0. The average Bonchev–Trinajstić information content (AvgIpc) is 3.34. The van der Waals surface area contributed by atoms with E-state index in [1.807, 2.05) is 36.4 Å². The highest BCUT2D eigenvalue weighted by Gasteiger charge is 2.26. The highest BCUT2D eigenvalue weighted by Crippen LogP contribution is 2.15. The summed E-state index contributed by atoms with van der Waals surface area (Å²) in [4.78, 5) is 44.4. The van der Waals surface area contributed by atoms with Gasteiger partial charge in [0.1, 0.15) is 11.1 Å². The summed E-state index contributed by atoms with van der Waals surface area (Å²) in [6.45, 7) is 6.13. The molecule has 33 heavy (non-hydrogen) atoms. The smallest absolute Gasteiger partial charge is 0.259 e. The molecule has 3 aromatic rings. The average molecular weight is 465 g/mol. The van der Waals surface area contributed by atoms with Gasteiger partial charge in [0.25, 0.3) is 11.8 Å². The minimum atomic E-state index is -0.517. The van der Waals surface area contributed by atoms with E-state index in [1.165, 1.54) is 11.1 Å². The molecule has 1 aliphatic rings. The molecule has 4 rings (SSSR count). The number of carbonyl (C=O) groups excluding carboxylic acids is 2. The lowest BCUT2D eigenvalue weighted by Gasteiger charge is -2.34. The van der Waals surface area contributed by atoms with E-state index >= 15 is 0 Å². The monoisotopic (exact) mass is 464 g/mol. The second-order valence-corrected chi connectivity index (χ2v) is 9.11. The molecule has 0 radical (unpaired) electrons. The van der Waals surface area contributed by atoms with Crippen molar-refractivity contribution in [3.05, 3.63) is 92.0 Å². The number of nitrogens with one attached hydrogen (secondary N) is 1. The lowest BCUT2D eigenvalue weighted by molar-refractivity contribution is 0.0627.